The number of halogens is 3. The van der Waals surface area contributed by atoms with Gasteiger partial charge in [-0.25, -0.2) is 4.79 Å². The molecule has 3 amide bonds. The number of nitrogens with one attached hydrogen (secondary N) is 3. The van der Waals surface area contributed by atoms with E-state index in [4.69, 9.17) is 4.52 Å². The molecule has 3 N–H and O–H groups in total. The standard InChI is InChI=1S/C24H23F3N6O3/c25-24(26,27)17-9-19(29-21(34)8-16-7-14-5-15(16)6-14)11-20(10-17)30-23(35)31-22-13-33(32-36-22)12-18-3-1-2-4-28-18/h1-4,9-11,13-16H,5-8,12H2,(H2-,29,30,31,32,34,35)/p+1. The first-order chi connectivity index (χ1) is 17.2. The maximum atomic E-state index is 13.5. The number of hydrogen-bond donors (Lipinski definition) is 3. The molecule has 3 aromatic rings. The van der Waals surface area contributed by atoms with Gasteiger partial charge in [0.05, 0.1) is 5.56 Å². The zero-order valence-electron chi connectivity index (χ0n) is 19.1. The lowest BCUT2D eigenvalue weighted by molar-refractivity contribution is -0.755. The summed E-state index contributed by atoms with van der Waals surface area (Å²) in [5, 5.41) is 11.1. The Morgan fingerprint density at radius 2 is 1.83 bits per heavy atom. The van der Waals surface area contributed by atoms with Gasteiger partial charge in [0.2, 0.25) is 17.7 Å². The summed E-state index contributed by atoms with van der Waals surface area (Å²) in [4.78, 5) is 29.1. The van der Waals surface area contributed by atoms with Crippen molar-refractivity contribution >= 4 is 29.2 Å². The van der Waals surface area contributed by atoms with Crippen LogP contribution < -0.4 is 20.6 Å². The SMILES string of the molecule is O=C(CC1CC2CC1C2)Nc1cc(NC(=O)Nc2c[n+](Cc3ccccn3)no2)cc(C(F)(F)F)c1. The number of alkyl halides is 3. The van der Waals surface area contributed by atoms with Crippen molar-refractivity contribution in [2.24, 2.45) is 17.8 Å². The van der Waals surface area contributed by atoms with E-state index in [1.54, 1.807) is 18.3 Å². The van der Waals surface area contributed by atoms with Crippen molar-refractivity contribution in [3.05, 3.63) is 60.0 Å². The fourth-order valence-corrected chi connectivity index (χ4v) is 4.96. The van der Waals surface area contributed by atoms with Crippen molar-refractivity contribution in [1.82, 2.24) is 10.3 Å². The van der Waals surface area contributed by atoms with Crippen LogP contribution in [0.25, 0.3) is 0 Å². The highest BCUT2D eigenvalue weighted by Crippen LogP contribution is 2.53. The maximum Gasteiger partial charge on any atom is 0.416 e. The lowest BCUT2D eigenvalue weighted by Crippen LogP contribution is -2.35. The fraction of sp³-hybridized carbons (Fsp3) is 0.375. The maximum absolute atomic E-state index is 13.5. The summed E-state index contributed by atoms with van der Waals surface area (Å²) in [6.07, 6.45) is 1.94. The van der Waals surface area contributed by atoms with Gasteiger partial charge in [0.15, 0.2) is 0 Å². The third-order valence-electron chi connectivity index (χ3n) is 6.62. The van der Waals surface area contributed by atoms with Crippen LogP contribution in [0, 0.1) is 17.8 Å². The molecule has 1 aromatic carbocycles. The van der Waals surface area contributed by atoms with Crippen LogP contribution in [0.15, 0.2) is 53.3 Å². The van der Waals surface area contributed by atoms with E-state index in [0.29, 0.717) is 18.4 Å². The van der Waals surface area contributed by atoms with Crippen LogP contribution in [0.1, 0.15) is 36.9 Å². The topological polar surface area (TPSA) is 113 Å². The van der Waals surface area contributed by atoms with E-state index in [1.807, 2.05) is 6.07 Å². The zero-order valence-corrected chi connectivity index (χ0v) is 19.1. The molecule has 1 atom stereocenters. The summed E-state index contributed by atoms with van der Waals surface area (Å²) >= 11 is 0. The molecule has 3 aliphatic rings. The molecule has 1 unspecified atom stereocenters. The van der Waals surface area contributed by atoms with Crippen LogP contribution in [-0.2, 0) is 17.5 Å². The second-order valence-corrected chi connectivity index (χ2v) is 9.31. The summed E-state index contributed by atoms with van der Waals surface area (Å²) in [6.45, 7) is 0.298. The van der Waals surface area contributed by atoms with Gasteiger partial charge in [0, 0.05) is 24.0 Å². The molecule has 3 aliphatic carbocycles. The number of hydrogen-bond acceptors (Lipinski definition) is 5. The molecular weight excluding hydrogens is 477 g/mol. The van der Waals surface area contributed by atoms with E-state index in [9.17, 15) is 22.8 Å². The largest absolute Gasteiger partial charge is 0.416 e. The van der Waals surface area contributed by atoms with E-state index in [-0.39, 0.29) is 35.5 Å². The zero-order chi connectivity index (χ0) is 25.3. The molecule has 0 spiro atoms. The van der Waals surface area contributed by atoms with Gasteiger partial charge >= 0.3 is 18.1 Å². The Morgan fingerprint density at radius 3 is 2.50 bits per heavy atom. The van der Waals surface area contributed by atoms with Gasteiger partial charge in [-0.1, -0.05) is 6.07 Å². The average molecular weight is 501 g/mol. The van der Waals surface area contributed by atoms with E-state index >= 15 is 0 Å². The van der Waals surface area contributed by atoms with Crippen molar-refractivity contribution in [2.75, 3.05) is 16.0 Å². The number of amides is 3. The number of pyridine rings is 1. The number of rotatable bonds is 7. The van der Waals surface area contributed by atoms with Crippen LogP contribution in [0.5, 0.6) is 0 Å². The number of benzene rings is 1. The van der Waals surface area contributed by atoms with Crippen LogP contribution in [0.3, 0.4) is 0 Å². The molecule has 0 saturated heterocycles. The smallest absolute Gasteiger partial charge is 0.326 e. The van der Waals surface area contributed by atoms with E-state index in [0.717, 1.165) is 37.1 Å². The minimum Gasteiger partial charge on any atom is -0.326 e. The third kappa shape index (κ3) is 5.64. The fourth-order valence-electron chi connectivity index (χ4n) is 4.96. The number of urea groups is 1. The molecule has 3 fully saturated rings. The third-order valence-corrected chi connectivity index (χ3v) is 6.62. The van der Waals surface area contributed by atoms with Crippen LogP contribution in [-0.4, -0.2) is 22.2 Å². The van der Waals surface area contributed by atoms with Gasteiger partial charge in [0.25, 0.3) is 6.20 Å². The van der Waals surface area contributed by atoms with Crippen molar-refractivity contribution < 1.29 is 32.0 Å². The Hall–Kier alpha value is -3.96. The Kier molecular flexibility index (Phi) is 6.33. The van der Waals surface area contributed by atoms with Gasteiger partial charge < -0.3 is 10.6 Å². The molecule has 2 heterocycles. The molecule has 6 rings (SSSR count). The number of carbonyl (C=O) groups is 2. The van der Waals surface area contributed by atoms with Gasteiger partial charge in [-0.15, -0.1) is 0 Å². The Balaban J connectivity index is 1.23. The minimum absolute atomic E-state index is 0.0149. The molecule has 0 radical (unpaired) electrons. The van der Waals surface area contributed by atoms with Crippen molar-refractivity contribution in [3.63, 3.8) is 0 Å². The van der Waals surface area contributed by atoms with Crippen molar-refractivity contribution in [3.8, 4) is 0 Å². The van der Waals surface area contributed by atoms with Gasteiger partial charge in [0.1, 0.15) is 5.69 Å². The summed E-state index contributed by atoms with van der Waals surface area (Å²) < 4.78 is 46.8. The Morgan fingerprint density at radius 1 is 1.06 bits per heavy atom. The molecule has 12 heteroatoms. The highest BCUT2D eigenvalue weighted by Gasteiger charge is 2.44. The number of aromatic nitrogens is 3. The van der Waals surface area contributed by atoms with Crippen LogP contribution >= 0.6 is 0 Å². The van der Waals surface area contributed by atoms with Crippen molar-refractivity contribution in [1.29, 1.82) is 0 Å². The molecule has 3 saturated carbocycles. The van der Waals surface area contributed by atoms with Crippen LogP contribution in [0.2, 0.25) is 0 Å². The average Bonchev–Trinajstić information content (AvgIpc) is 3.49. The van der Waals surface area contributed by atoms with Crippen LogP contribution in [0.4, 0.5) is 35.2 Å². The summed E-state index contributed by atoms with van der Waals surface area (Å²) in [7, 11) is 0. The minimum atomic E-state index is -4.66. The quantitative estimate of drug-likeness (QED) is 0.414. The lowest BCUT2D eigenvalue weighted by Gasteiger charge is -2.24. The summed E-state index contributed by atoms with van der Waals surface area (Å²) in [5.74, 6) is 1.17. The number of nitrogens with zero attached hydrogens (tertiary/aromatic N) is 3. The second-order valence-electron chi connectivity index (χ2n) is 9.31. The molecule has 2 aromatic heterocycles. The number of anilines is 3. The number of fused-ring (bicyclic) bond motifs is 1. The van der Waals surface area contributed by atoms with E-state index < -0.39 is 17.8 Å². The monoisotopic (exact) mass is 501 g/mol. The first-order valence-corrected chi connectivity index (χ1v) is 11.6. The predicted octanol–water partition coefficient (Wildman–Crippen LogP) is 4.44. The lowest BCUT2D eigenvalue weighted by atomic mass is 9.82. The molecule has 36 heavy (non-hydrogen) atoms. The van der Waals surface area contributed by atoms with Gasteiger partial charge in [-0.3, -0.25) is 19.6 Å². The van der Waals surface area contributed by atoms with Crippen molar-refractivity contribution in [2.45, 2.75) is 38.4 Å². The molecular formula is C24H24F3N6O3+. The summed E-state index contributed by atoms with van der Waals surface area (Å²) in [5.41, 5.74) is -0.452. The summed E-state index contributed by atoms with van der Waals surface area (Å²) in [6, 6.07) is 7.48. The number of carbonyl (C=O) groups excluding carboxylic acids is 2. The predicted molar refractivity (Wildman–Crippen MR) is 122 cm³/mol. The molecule has 9 nitrogen and oxygen atoms in total. The highest BCUT2D eigenvalue weighted by atomic mass is 19.4. The Bertz CT molecular complexity index is 1260. The van der Waals surface area contributed by atoms with E-state index in [1.165, 1.54) is 16.9 Å². The van der Waals surface area contributed by atoms with Gasteiger partial charge in [-0.05, 0) is 72.0 Å². The Labute approximate surface area is 204 Å². The molecule has 188 valence electrons. The van der Waals surface area contributed by atoms with E-state index in [2.05, 4.69) is 26.2 Å². The second kappa shape index (κ2) is 9.59. The first kappa shape index (κ1) is 23.8. The molecule has 2 bridgehead atoms. The highest BCUT2D eigenvalue weighted by molar-refractivity contribution is 5.99. The molecule has 0 aliphatic heterocycles. The first-order valence-electron chi connectivity index (χ1n) is 11.6. The van der Waals surface area contributed by atoms with Gasteiger partial charge in [-0.2, -0.15) is 13.2 Å². The normalized spacial score (nSPS) is 20.5.